The standard InChI is InChI=1S/C13H17N5O2S/c19-21(20,13-9-14-10-16-13)17-11-4-7-18(8-5-11)12-3-1-2-6-15-12/h1-3,6,9-11,17H,4-5,7-8H2,(H,14,16). The zero-order valence-corrected chi connectivity index (χ0v) is 12.3. The summed E-state index contributed by atoms with van der Waals surface area (Å²) >= 11 is 0. The lowest BCUT2D eigenvalue weighted by molar-refractivity contribution is 0.457. The number of piperidine rings is 1. The number of aromatic amines is 1. The van der Waals surface area contributed by atoms with Gasteiger partial charge in [0.05, 0.1) is 12.5 Å². The van der Waals surface area contributed by atoms with Crippen molar-refractivity contribution in [1.29, 1.82) is 0 Å². The molecule has 1 fully saturated rings. The van der Waals surface area contributed by atoms with Crippen molar-refractivity contribution in [3.05, 3.63) is 36.9 Å². The van der Waals surface area contributed by atoms with Gasteiger partial charge in [0.15, 0.2) is 5.03 Å². The third kappa shape index (κ3) is 3.22. The third-order valence-corrected chi connectivity index (χ3v) is 5.00. The number of imidazole rings is 1. The van der Waals surface area contributed by atoms with Crippen LogP contribution < -0.4 is 9.62 Å². The number of H-pyrrole nitrogens is 1. The van der Waals surface area contributed by atoms with E-state index in [1.807, 2.05) is 18.2 Å². The highest BCUT2D eigenvalue weighted by Crippen LogP contribution is 2.18. The summed E-state index contributed by atoms with van der Waals surface area (Å²) in [5, 5.41) is 0.106. The summed E-state index contributed by atoms with van der Waals surface area (Å²) in [4.78, 5) is 12.8. The normalized spacial score (nSPS) is 17.0. The Kier molecular flexibility index (Phi) is 3.89. The summed E-state index contributed by atoms with van der Waals surface area (Å²) in [6, 6.07) is 5.75. The lowest BCUT2D eigenvalue weighted by Gasteiger charge is -2.32. The van der Waals surface area contributed by atoms with Crippen LogP contribution in [0.4, 0.5) is 5.82 Å². The van der Waals surface area contributed by atoms with Crippen molar-refractivity contribution in [2.45, 2.75) is 23.9 Å². The second kappa shape index (κ2) is 5.82. The van der Waals surface area contributed by atoms with Crippen LogP contribution in [0.3, 0.4) is 0 Å². The monoisotopic (exact) mass is 307 g/mol. The fourth-order valence-electron chi connectivity index (χ4n) is 2.44. The van der Waals surface area contributed by atoms with E-state index in [0.29, 0.717) is 0 Å². The number of nitrogens with zero attached hydrogens (tertiary/aromatic N) is 3. The van der Waals surface area contributed by atoms with Crippen LogP contribution in [0.2, 0.25) is 0 Å². The fraction of sp³-hybridized carbons (Fsp3) is 0.385. The molecule has 2 N–H and O–H groups in total. The molecule has 0 aromatic carbocycles. The van der Waals surface area contributed by atoms with Gasteiger partial charge in [0.2, 0.25) is 0 Å². The molecule has 112 valence electrons. The van der Waals surface area contributed by atoms with E-state index in [2.05, 4.69) is 24.6 Å². The molecule has 0 saturated carbocycles. The number of anilines is 1. The summed E-state index contributed by atoms with van der Waals surface area (Å²) in [7, 11) is -3.50. The molecule has 0 aliphatic carbocycles. The van der Waals surface area contributed by atoms with Crippen LogP contribution in [-0.4, -0.2) is 42.5 Å². The van der Waals surface area contributed by atoms with E-state index in [-0.39, 0.29) is 11.1 Å². The quantitative estimate of drug-likeness (QED) is 0.870. The van der Waals surface area contributed by atoms with Gasteiger partial charge in [-0.3, -0.25) is 0 Å². The van der Waals surface area contributed by atoms with Crippen molar-refractivity contribution in [3.63, 3.8) is 0 Å². The number of rotatable bonds is 4. The second-order valence-corrected chi connectivity index (χ2v) is 6.67. The van der Waals surface area contributed by atoms with E-state index in [9.17, 15) is 8.42 Å². The minimum atomic E-state index is -3.50. The van der Waals surface area contributed by atoms with E-state index >= 15 is 0 Å². The molecular formula is C13H17N5O2S. The molecule has 0 bridgehead atoms. The average Bonchev–Trinajstić information content (AvgIpc) is 3.04. The Hall–Kier alpha value is -1.93. The maximum absolute atomic E-state index is 12.1. The molecule has 0 radical (unpaired) electrons. The van der Waals surface area contributed by atoms with Gasteiger partial charge in [-0.1, -0.05) is 6.07 Å². The van der Waals surface area contributed by atoms with Gasteiger partial charge >= 0.3 is 0 Å². The molecule has 0 atom stereocenters. The largest absolute Gasteiger partial charge is 0.357 e. The zero-order valence-electron chi connectivity index (χ0n) is 11.4. The predicted octanol–water partition coefficient (Wildman–Crippen LogP) is 0.752. The molecule has 2 aromatic heterocycles. The molecule has 0 spiro atoms. The number of sulfonamides is 1. The molecule has 21 heavy (non-hydrogen) atoms. The predicted molar refractivity (Wildman–Crippen MR) is 78.4 cm³/mol. The van der Waals surface area contributed by atoms with Gasteiger partial charge in [-0.25, -0.2) is 23.1 Å². The van der Waals surface area contributed by atoms with E-state index in [4.69, 9.17) is 0 Å². The van der Waals surface area contributed by atoms with Crippen molar-refractivity contribution in [2.75, 3.05) is 18.0 Å². The second-order valence-electron chi connectivity index (χ2n) is 4.99. The van der Waals surface area contributed by atoms with Gasteiger partial charge in [-0.05, 0) is 25.0 Å². The van der Waals surface area contributed by atoms with Gasteiger partial charge in [0.1, 0.15) is 5.82 Å². The van der Waals surface area contributed by atoms with Crippen LogP contribution in [0.5, 0.6) is 0 Å². The van der Waals surface area contributed by atoms with Gasteiger partial charge < -0.3 is 9.88 Å². The molecule has 3 rings (SSSR count). The SMILES string of the molecule is O=S(=O)(NC1CCN(c2ccccn2)CC1)c1cnc[nH]1. The van der Waals surface area contributed by atoms with Crippen molar-refractivity contribution < 1.29 is 8.42 Å². The number of aromatic nitrogens is 3. The summed E-state index contributed by atoms with van der Waals surface area (Å²) in [6.45, 7) is 1.57. The summed E-state index contributed by atoms with van der Waals surface area (Å²) in [5.74, 6) is 0.937. The molecule has 1 saturated heterocycles. The maximum Gasteiger partial charge on any atom is 0.257 e. The Morgan fingerprint density at radius 2 is 2.10 bits per heavy atom. The van der Waals surface area contributed by atoms with Crippen LogP contribution in [0.25, 0.3) is 0 Å². The molecular weight excluding hydrogens is 290 g/mol. The van der Waals surface area contributed by atoms with E-state index in [1.165, 1.54) is 12.5 Å². The number of pyridine rings is 1. The zero-order chi connectivity index (χ0) is 14.7. The molecule has 3 heterocycles. The molecule has 2 aromatic rings. The van der Waals surface area contributed by atoms with Crippen molar-refractivity contribution >= 4 is 15.8 Å². The van der Waals surface area contributed by atoms with Gasteiger partial charge in [0, 0.05) is 25.3 Å². The summed E-state index contributed by atoms with van der Waals surface area (Å²) in [5.41, 5.74) is 0. The smallest absolute Gasteiger partial charge is 0.257 e. The fourth-order valence-corrected chi connectivity index (χ4v) is 3.65. The van der Waals surface area contributed by atoms with Crippen LogP contribution in [0.15, 0.2) is 41.9 Å². The minimum Gasteiger partial charge on any atom is -0.357 e. The third-order valence-electron chi connectivity index (χ3n) is 3.55. The van der Waals surface area contributed by atoms with Gasteiger partial charge in [-0.2, -0.15) is 0 Å². The molecule has 1 aliphatic heterocycles. The maximum atomic E-state index is 12.1. The van der Waals surface area contributed by atoms with E-state index in [1.54, 1.807) is 6.20 Å². The number of hydrogen-bond donors (Lipinski definition) is 2. The Morgan fingerprint density at radius 1 is 1.29 bits per heavy atom. The Morgan fingerprint density at radius 3 is 2.71 bits per heavy atom. The van der Waals surface area contributed by atoms with Crippen LogP contribution in [-0.2, 0) is 10.0 Å². The van der Waals surface area contributed by atoms with Crippen molar-refractivity contribution in [1.82, 2.24) is 19.7 Å². The highest BCUT2D eigenvalue weighted by molar-refractivity contribution is 7.89. The summed E-state index contributed by atoms with van der Waals surface area (Å²) < 4.78 is 26.9. The Bertz CT molecular complexity index is 664. The minimum absolute atomic E-state index is 0.0572. The van der Waals surface area contributed by atoms with Crippen molar-refractivity contribution in [2.24, 2.45) is 0 Å². The number of hydrogen-bond acceptors (Lipinski definition) is 5. The molecule has 8 heteroatoms. The van der Waals surface area contributed by atoms with Gasteiger partial charge in [0.25, 0.3) is 10.0 Å². The summed E-state index contributed by atoms with van der Waals surface area (Å²) in [6.07, 6.45) is 5.94. The van der Waals surface area contributed by atoms with Gasteiger partial charge in [-0.15, -0.1) is 0 Å². The molecule has 0 unspecified atom stereocenters. The first-order valence-electron chi connectivity index (χ1n) is 6.82. The lowest BCUT2D eigenvalue weighted by atomic mass is 10.1. The molecule has 1 aliphatic rings. The first-order chi connectivity index (χ1) is 10.1. The average molecular weight is 307 g/mol. The first kappa shape index (κ1) is 14.0. The molecule has 7 nitrogen and oxygen atoms in total. The molecule has 0 amide bonds. The number of nitrogens with one attached hydrogen (secondary N) is 2. The highest BCUT2D eigenvalue weighted by atomic mass is 32.2. The van der Waals surface area contributed by atoms with Crippen LogP contribution in [0.1, 0.15) is 12.8 Å². The highest BCUT2D eigenvalue weighted by Gasteiger charge is 2.25. The Balaban J connectivity index is 1.59. The lowest BCUT2D eigenvalue weighted by Crippen LogP contribution is -2.44. The topological polar surface area (TPSA) is 91.0 Å². The Labute approximate surface area is 123 Å². The van der Waals surface area contributed by atoms with Crippen molar-refractivity contribution in [3.8, 4) is 0 Å². The first-order valence-corrected chi connectivity index (χ1v) is 8.30. The van der Waals surface area contributed by atoms with E-state index < -0.39 is 10.0 Å². The van der Waals surface area contributed by atoms with Crippen LogP contribution in [0, 0.1) is 0 Å². The van der Waals surface area contributed by atoms with Crippen LogP contribution >= 0.6 is 0 Å². The van der Waals surface area contributed by atoms with E-state index in [0.717, 1.165) is 31.7 Å².